The quantitative estimate of drug-likeness (QED) is 0.675. The van der Waals surface area contributed by atoms with Gasteiger partial charge >= 0.3 is 5.97 Å². The number of likely N-dealkylation sites (tertiary alicyclic amines) is 1. The first kappa shape index (κ1) is 22.4. The van der Waals surface area contributed by atoms with E-state index in [1.54, 1.807) is 0 Å². The van der Waals surface area contributed by atoms with E-state index in [1.165, 1.54) is 12.0 Å². The fraction of sp³-hybridized carbons (Fsp3) is 0.652. The van der Waals surface area contributed by atoms with Gasteiger partial charge in [0.2, 0.25) is 5.91 Å². The van der Waals surface area contributed by atoms with Gasteiger partial charge in [0.25, 0.3) is 0 Å². The van der Waals surface area contributed by atoms with Gasteiger partial charge < -0.3 is 10.4 Å². The second-order valence-electron chi connectivity index (χ2n) is 8.46. The fourth-order valence-corrected chi connectivity index (χ4v) is 4.12. The summed E-state index contributed by atoms with van der Waals surface area (Å²) in [5.41, 5.74) is 2.17. The lowest BCUT2D eigenvalue weighted by Gasteiger charge is -2.37. The van der Waals surface area contributed by atoms with E-state index >= 15 is 0 Å². The Morgan fingerprint density at radius 3 is 2.18 bits per heavy atom. The number of carboxylic acids is 1. The fourth-order valence-electron chi connectivity index (χ4n) is 4.12. The maximum atomic E-state index is 12.8. The summed E-state index contributed by atoms with van der Waals surface area (Å²) in [5.74, 6) is -0.970. The van der Waals surface area contributed by atoms with E-state index in [-0.39, 0.29) is 17.9 Å². The predicted octanol–water partition coefficient (Wildman–Crippen LogP) is 3.82. The first-order chi connectivity index (χ1) is 13.3. The second-order valence-corrected chi connectivity index (χ2v) is 8.46. The molecule has 2 N–H and O–H groups in total. The summed E-state index contributed by atoms with van der Waals surface area (Å²) in [6, 6.07) is 7.06. The van der Waals surface area contributed by atoms with Crippen LogP contribution in [-0.4, -0.2) is 47.1 Å². The van der Waals surface area contributed by atoms with Crippen LogP contribution >= 0.6 is 0 Å². The number of carbonyl (C=O) groups excluding carboxylic acids is 1. The monoisotopic (exact) mass is 388 g/mol. The molecule has 0 radical (unpaired) electrons. The first-order valence-electron chi connectivity index (χ1n) is 10.7. The van der Waals surface area contributed by atoms with Crippen molar-refractivity contribution in [2.75, 3.05) is 13.1 Å². The van der Waals surface area contributed by atoms with Gasteiger partial charge in [-0.3, -0.25) is 9.69 Å². The number of nitrogens with zero attached hydrogens (tertiary/aromatic N) is 1. The number of amides is 1. The number of hydrogen-bond donors (Lipinski definition) is 2. The number of piperidine rings is 1. The number of rotatable bonds is 9. The van der Waals surface area contributed by atoms with Crippen molar-refractivity contribution < 1.29 is 14.7 Å². The third-order valence-corrected chi connectivity index (χ3v) is 5.74. The lowest BCUT2D eigenvalue weighted by Crippen LogP contribution is -2.57. The van der Waals surface area contributed by atoms with Crippen LogP contribution in [0.1, 0.15) is 70.4 Å². The summed E-state index contributed by atoms with van der Waals surface area (Å²) in [7, 11) is 0. The summed E-state index contributed by atoms with van der Waals surface area (Å²) in [5, 5.41) is 12.6. The van der Waals surface area contributed by atoms with Crippen molar-refractivity contribution in [3.8, 4) is 0 Å². The van der Waals surface area contributed by atoms with Gasteiger partial charge in [-0.1, -0.05) is 51.5 Å². The van der Waals surface area contributed by atoms with Crippen LogP contribution in [0.15, 0.2) is 24.3 Å². The SMILES string of the molecule is CC[C@H]([C@H](NC(=O)C(C)c1ccc(CC(C)C)cc1)C(=O)O)N1CCCCC1. The molecule has 1 amide bonds. The standard InChI is InChI=1S/C23H36N2O3/c1-5-20(25-13-7-6-8-14-25)21(23(27)28)24-22(26)17(4)19-11-9-18(10-12-19)15-16(2)3/h9-12,16-17,20-21H,5-8,13-15H2,1-4H3,(H,24,26)(H,27,28)/t17?,20-,21+/m1/s1. The molecule has 1 aromatic carbocycles. The molecule has 1 aliphatic heterocycles. The molecule has 1 heterocycles. The summed E-state index contributed by atoms with van der Waals surface area (Å²) in [6.07, 6.45) is 5.10. The molecule has 1 aliphatic rings. The van der Waals surface area contributed by atoms with Crippen LogP contribution in [0.25, 0.3) is 0 Å². The molecule has 0 aromatic heterocycles. The molecular weight excluding hydrogens is 352 g/mol. The van der Waals surface area contributed by atoms with Crippen LogP contribution in [-0.2, 0) is 16.0 Å². The summed E-state index contributed by atoms with van der Waals surface area (Å²) in [6.45, 7) is 10.0. The minimum atomic E-state index is -0.953. The molecule has 1 saturated heterocycles. The van der Waals surface area contributed by atoms with Crippen LogP contribution in [0.5, 0.6) is 0 Å². The lowest BCUT2D eigenvalue weighted by atomic mass is 9.95. The van der Waals surface area contributed by atoms with Crippen molar-refractivity contribution >= 4 is 11.9 Å². The zero-order valence-corrected chi connectivity index (χ0v) is 17.8. The summed E-state index contributed by atoms with van der Waals surface area (Å²) < 4.78 is 0. The number of benzene rings is 1. The highest BCUT2D eigenvalue weighted by molar-refractivity contribution is 5.88. The summed E-state index contributed by atoms with van der Waals surface area (Å²) in [4.78, 5) is 27.0. The van der Waals surface area contributed by atoms with E-state index in [9.17, 15) is 14.7 Å². The normalized spacial score (nSPS) is 18.5. The number of aliphatic carboxylic acids is 1. The maximum Gasteiger partial charge on any atom is 0.327 e. The van der Waals surface area contributed by atoms with Crippen molar-refractivity contribution in [1.29, 1.82) is 0 Å². The Morgan fingerprint density at radius 2 is 1.68 bits per heavy atom. The average molecular weight is 389 g/mol. The molecule has 156 valence electrons. The molecule has 0 bridgehead atoms. The first-order valence-corrected chi connectivity index (χ1v) is 10.7. The molecule has 28 heavy (non-hydrogen) atoms. The highest BCUT2D eigenvalue weighted by atomic mass is 16.4. The van der Waals surface area contributed by atoms with E-state index in [1.807, 2.05) is 26.0 Å². The van der Waals surface area contributed by atoms with Crippen molar-refractivity contribution in [1.82, 2.24) is 10.2 Å². The molecule has 1 aromatic rings. The number of carbonyl (C=O) groups is 2. The molecule has 2 rings (SSSR count). The van der Waals surface area contributed by atoms with E-state index in [2.05, 4.69) is 36.2 Å². The van der Waals surface area contributed by atoms with Gasteiger partial charge in [-0.15, -0.1) is 0 Å². The van der Waals surface area contributed by atoms with Crippen LogP contribution < -0.4 is 5.32 Å². The molecule has 0 aliphatic carbocycles. The predicted molar refractivity (Wildman–Crippen MR) is 112 cm³/mol. The minimum Gasteiger partial charge on any atom is -0.480 e. The lowest BCUT2D eigenvalue weighted by molar-refractivity contribution is -0.144. The van der Waals surface area contributed by atoms with Crippen molar-refractivity contribution in [3.63, 3.8) is 0 Å². The Hall–Kier alpha value is -1.88. The zero-order valence-electron chi connectivity index (χ0n) is 17.8. The average Bonchev–Trinajstić information content (AvgIpc) is 2.68. The molecule has 5 heteroatoms. The van der Waals surface area contributed by atoms with Gasteiger partial charge in [0.15, 0.2) is 0 Å². The van der Waals surface area contributed by atoms with E-state index < -0.39 is 12.0 Å². The number of carboxylic acid groups (broad SMARTS) is 1. The second kappa shape index (κ2) is 10.6. The van der Waals surface area contributed by atoms with Crippen molar-refractivity contribution in [3.05, 3.63) is 35.4 Å². The third kappa shape index (κ3) is 6.06. The third-order valence-electron chi connectivity index (χ3n) is 5.74. The largest absolute Gasteiger partial charge is 0.480 e. The van der Waals surface area contributed by atoms with Crippen LogP contribution in [0.3, 0.4) is 0 Å². The Balaban J connectivity index is 2.06. The maximum absolute atomic E-state index is 12.8. The Morgan fingerprint density at radius 1 is 1.07 bits per heavy atom. The molecule has 0 spiro atoms. The van der Waals surface area contributed by atoms with Gasteiger partial charge in [0.05, 0.1) is 5.92 Å². The van der Waals surface area contributed by atoms with Gasteiger partial charge in [0, 0.05) is 6.04 Å². The Bertz CT molecular complexity index is 636. The molecule has 0 saturated carbocycles. The van der Waals surface area contributed by atoms with Gasteiger partial charge in [-0.2, -0.15) is 0 Å². The van der Waals surface area contributed by atoms with E-state index in [0.717, 1.165) is 37.9 Å². The topological polar surface area (TPSA) is 69.6 Å². The Kier molecular flexibility index (Phi) is 8.49. The van der Waals surface area contributed by atoms with Crippen molar-refractivity contribution in [2.45, 2.75) is 77.8 Å². The molecular formula is C23H36N2O3. The highest BCUT2D eigenvalue weighted by Crippen LogP contribution is 2.20. The van der Waals surface area contributed by atoms with Gasteiger partial charge in [-0.05, 0) is 62.7 Å². The van der Waals surface area contributed by atoms with Gasteiger partial charge in [0.1, 0.15) is 6.04 Å². The molecule has 3 atom stereocenters. The molecule has 1 fully saturated rings. The van der Waals surface area contributed by atoms with E-state index in [0.29, 0.717) is 12.3 Å². The molecule has 1 unspecified atom stereocenters. The van der Waals surface area contributed by atoms with Gasteiger partial charge in [-0.25, -0.2) is 4.79 Å². The van der Waals surface area contributed by atoms with E-state index in [4.69, 9.17) is 0 Å². The highest BCUT2D eigenvalue weighted by Gasteiger charge is 2.34. The number of nitrogens with one attached hydrogen (secondary N) is 1. The Labute approximate surface area is 169 Å². The van der Waals surface area contributed by atoms with Crippen molar-refractivity contribution in [2.24, 2.45) is 5.92 Å². The molecule has 5 nitrogen and oxygen atoms in total. The summed E-state index contributed by atoms with van der Waals surface area (Å²) >= 11 is 0. The number of hydrogen-bond acceptors (Lipinski definition) is 3. The minimum absolute atomic E-state index is 0.164. The van der Waals surface area contributed by atoms with Crippen LogP contribution in [0, 0.1) is 5.92 Å². The zero-order chi connectivity index (χ0) is 20.7. The van der Waals surface area contributed by atoms with Crippen LogP contribution in [0.2, 0.25) is 0 Å². The van der Waals surface area contributed by atoms with Crippen LogP contribution in [0.4, 0.5) is 0 Å². The smallest absolute Gasteiger partial charge is 0.327 e.